The highest BCUT2D eigenvalue weighted by molar-refractivity contribution is 5.94. The van der Waals surface area contributed by atoms with Gasteiger partial charge in [0.25, 0.3) is 0 Å². The number of esters is 2. The van der Waals surface area contributed by atoms with E-state index < -0.39 is 47.8 Å². The van der Waals surface area contributed by atoms with E-state index in [9.17, 15) is 19.5 Å². The minimum absolute atomic E-state index is 0.0258. The molecule has 7 atom stereocenters. The normalized spacial score (nSPS) is 29.2. The number of amides is 1. The predicted octanol–water partition coefficient (Wildman–Crippen LogP) is 3.46. The summed E-state index contributed by atoms with van der Waals surface area (Å²) in [5.74, 6) is -0.866. The van der Waals surface area contributed by atoms with Crippen molar-refractivity contribution in [2.75, 3.05) is 13.4 Å². The molecule has 1 aromatic carbocycles. The standard InChI is InChI=1S/C32H41NO9/c1-32(2,3)42-28(35)12-10-23(17-34)33-30(36)22-15-26-29(39-18-38-26)27(16-22)41-31(37)21-6-4-5-19(13-21)7-8-20-9-11-24-25(14-20)40-24/h4-8,13,15,20,23-27,29,34H,9-12,14,16-18H2,1-3H3,(H,33,36). The van der Waals surface area contributed by atoms with E-state index in [1.807, 2.05) is 18.2 Å². The number of fused-ring (bicyclic) bond motifs is 2. The van der Waals surface area contributed by atoms with Gasteiger partial charge in [-0.3, -0.25) is 9.59 Å². The molecule has 2 aliphatic heterocycles. The Morgan fingerprint density at radius 2 is 2.00 bits per heavy atom. The summed E-state index contributed by atoms with van der Waals surface area (Å²) in [5.41, 5.74) is 1.06. The molecule has 0 bridgehead atoms. The third-order valence-corrected chi connectivity index (χ3v) is 7.95. The summed E-state index contributed by atoms with van der Waals surface area (Å²) in [6.45, 7) is 5.02. The first-order valence-corrected chi connectivity index (χ1v) is 14.8. The second-order valence-electron chi connectivity index (χ2n) is 12.5. The van der Waals surface area contributed by atoms with Crippen LogP contribution in [0.5, 0.6) is 0 Å². The van der Waals surface area contributed by atoms with Gasteiger partial charge in [0, 0.05) is 18.4 Å². The van der Waals surface area contributed by atoms with Crippen molar-refractivity contribution in [3.05, 3.63) is 53.1 Å². The van der Waals surface area contributed by atoms with Crippen LogP contribution < -0.4 is 5.32 Å². The number of allylic oxidation sites excluding steroid dienone is 1. The number of carbonyl (C=O) groups excluding carboxylic acids is 3. The van der Waals surface area contributed by atoms with Gasteiger partial charge in [0.1, 0.15) is 30.7 Å². The smallest absolute Gasteiger partial charge is 0.338 e. The fraction of sp³-hybridized carbons (Fsp3) is 0.594. The maximum Gasteiger partial charge on any atom is 0.338 e. The average molecular weight is 584 g/mol. The van der Waals surface area contributed by atoms with Gasteiger partial charge in [-0.2, -0.15) is 0 Å². The molecule has 7 unspecified atom stereocenters. The van der Waals surface area contributed by atoms with E-state index in [0.717, 1.165) is 24.8 Å². The lowest BCUT2D eigenvalue weighted by Crippen LogP contribution is -2.45. The molecule has 1 aromatic rings. The highest BCUT2D eigenvalue weighted by Crippen LogP contribution is 2.40. The summed E-state index contributed by atoms with van der Waals surface area (Å²) in [5, 5.41) is 12.6. The van der Waals surface area contributed by atoms with Crippen molar-refractivity contribution in [1.29, 1.82) is 0 Å². The number of ether oxygens (including phenoxy) is 5. The molecule has 2 N–H and O–H groups in total. The molecular formula is C32H41NO9. The van der Waals surface area contributed by atoms with Crippen LogP contribution in [0.4, 0.5) is 0 Å². The van der Waals surface area contributed by atoms with Gasteiger partial charge in [0.2, 0.25) is 5.91 Å². The van der Waals surface area contributed by atoms with E-state index in [-0.39, 0.29) is 32.7 Å². The van der Waals surface area contributed by atoms with Gasteiger partial charge in [0.05, 0.1) is 30.4 Å². The molecule has 5 rings (SSSR count). The van der Waals surface area contributed by atoms with Crippen molar-refractivity contribution in [1.82, 2.24) is 5.32 Å². The highest BCUT2D eigenvalue weighted by Gasteiger charge is 2.44. The summed E-state index contributed by atoms with van der Waals surface area (Å²) < 4.78 is 28.1. The Bertz CT molecular complexity index is 1220. The van der Waals surface area contributed by atoms with E-state index in [2.05, 4.69) is 11.4 Å². The molecule has 0 spiro atoms. The van der Waals surface area contributed by atoms with Crippen LogP contribution in [0.3, 0.4) is 0 Å². The van der Waals surface area contributed by atoms with E-state index >= 15 is 0 Å². The first kappa shape index (κ1) is 30.4. The number of carbonyl (C=O) groups is 3. The van der Waals surface area contributed by atoms with Gasteiger partial charge in [-0.05, 0) is 76.1 Å². The summed E-state index contributed by atoms with van der Waals surface area (Å²) >= 11 is 0. The Labute approximate surface area is 246 Å². The molecule has 2 aliphatic carbocycles. The van der Waals surface area contributed by atoms with Crippen molar-refractivity contribution in [3.63, 3.8) is 0 Å². The monoisotopic (exact) mass is 583 g/mol. The van der Waals surface area contributed by atoms with E-state index in [4.69, 9.17) is 23.7 Å². The molecule has 3 fully saturated rings. The van der Waals surface area contributed by atoms with E-state index in [0.29, 0.717) is 29.3 Å². The van der Waals surface area contributed by atoms with Gasteiger partial charge in [-0.15, -0.1) is 0 Å². The molecular weight excluding hydrogens is 542 g/mol. The molecule has 2 heterocycles. The Morgan fingerprint density at radius 1 is 1.17 bits per heavy atom. The molecule has 228 valence electrons. The Kier molecular flexibility index (Phi) is 9.47. The zero-order valence-electron chi connectivity index (χ0n) is 24.5. The number of aliphatic hydroxyl groups excluding tert-OH is 1. The van der Waals surface area contributed by atoms with Crippen molar-refractivity contribution in [2.24, 2.45) is 5.92 Å². The number of rotatable bonds is 10. The zero-order valence-corrected chi connectivity index (χ0v) is 24.5. The van der Waals surface area contributed by atoms with Gasteiger partial charge in [-0.1, -0.05) is 24.3 Å². The van der Waals surface area contributed by atoms with Gasteiger partial charge >= 0.3 is 11.9 Å². The maximum absolute atomic E-state index is 13.2. The van der Waals surface area contributed by atoms with Crippen LogP contribution in [0.15, 0.2) is 42.0 Å². The summed E-state index contributed by atoms with van der Waals surface area (Å²) in [4.78, 5) is 38.4. The van der Waals surface area contributed by atoms with Crippen LogP contribution in [-0.2, 0) is 33.3 Å². The molecule has 1 amide bonds. The summed E-state index contributed by atoms with van der Waals surface area (Å²) in [6, 6.07) is 6.62. The second-order valence-corrected chi connectivity index (χ2v) is 12.5. The molecule has 2 saturated heterocycles. The summed E-state index contributed by atoms with van der Waals surface area (Å²) in [6.07, 6.45) is 8.60. The van der Waals surface area contributed by atoms with Crippen LogP contribution in [0.1, 0.15) is 75.2 Å². The van der Waals surface area contributed by atoms with Crippen molar-refractivity contribution < 1.29 is 43.2 Å². The van der Waals surface area contributed by atoms with Gasteiger partial charge < -0.3 is 34.1 Å². The third kappa shape index (κ3) is 8.06. The SMILES string of the molecule is CC(C)(C)OC(=O)CCC(CO)NC(=O)C1=CC2OCOC2C(OC(=O)c2cccc(C=CC3CCC4OC4C3)c2)C1. The fourth-order valence-electron chi connectivity index (χ4n) is 5.73. The quantitative estimate of drug-likeness (QED) is 0.314. The summed E-state index contributed by atoms with van der Waals surface area (Å²) in [7, 11) is 0. The van der Waals surface area contributed by atoms with Gasteiger partial charge in [0.15, 0.2) is 0 Å². The number of aliphatic hydroxyl groups is 1. The molecule has 1 saturated carbocycles. The lowest BCUT2D eigenvalue weighted by atomic mass is 9.88. The first-order chi connectivity index (χ1) is 20.1. The molecule has 42 heavy (non-hydrogen) atoms. The largest absolute Gasteiger partial charge is 0.460 e. The Morgan fingerprint density at radius 3 is 2.76 bits per heavy atom. The van der Waals surface area contributed by atoms with Gasteiger partial charge in [-0.25, -0.2) is 4.79 Å². The number of hydrogen-bond acceptors (Lipinski definition) is 9. The number of epoxide rings is 1. The minimum atomic E-state index is -0.738. The number of nitrogens with one attached hydrogen (secondary N) is 1. The molecule has 10 heteroatoms. The third-order valence-electron chi connectivity index (χ3n) is 7.95. The molecule has 0 radical (unpaired) electrons. The molecule has 4 aliphatic rings. The van der Waals surface area contributed by atoms with Crippen LogP contribution >= 0.6 is 0 Å². The number of hydrogen-bond donors (Lipinski definition) is 2. The maximum atomic E-state index is 13.2. The lowest BCUT2D eigenvalue weighted by Gasteiger charge is -2.30. The highest BCUT2D eigenvalue weighted by atomic mass is 16.7. The Hall–Kier alpha value is -3.05. The van der Waals surface area contributed by atoms with Crippen LogP contribution in [0.2, 0.25) is 0 Å². The zero-order chi connectivity index (χ0) is 29.9. The predicted molar refractivity (Wildman–Crippen MR) is 152 cm³/mol. The minimum Gasteiger partial charge on any atom is -0.460 e. The first-order valence-electron chi connectivity index (χ1n) is 14.8. The Balaban J connectivity index is 1.18. The lowest BCUT2D eigenvalue weighted by molar-refractivity contribution is -0.155. The van der Waals surface area contributed by atoms with Crippen LogP contribution in [-0.4, -0.2) is 78.5 Å². The topological polar surface area (TPSA) is 133 Å². The van der Waals surface area contributed by atoms with Crippen molar-refractivity contribution in [2.45, 2.75) is 101 Å². The van der Waals surface area contributed by atoms with Crippen molar-refractivity contribution >= 4 is 23.9 Å². The van der Waals surface area contributed by atoms with E-state index in [1.165, 1.54) is 0 Å². The van der Waals surface area contributed by atoms with Crippen molar-refractivity contribution in [3.8, 4) is 0 Å². The number of benzene rings is 1. The fourth-order valence-corrected chi connectivity index (χ4v) is 5.73. The molecule has 0 aromatic heterocycles. The molecule has 10 nitrogen and oxygen atoms in total. The van der Waals surface area contributed by atoms with Crippen LogP contribution in [0, 0.1) is 5.92 Å². The average Bonchev–Trinajstić information content (AvgIpc) is 3.57. The van der Waals surface area contributed by atoms with Crippen LogP contribution in [0.25, 0.3) is 6.08 Å². The van der Waals surface area contributed by atoms with E-state index in [1.54, 1.807) is 39.0 Å². The second kappa shape index (κ2) is 13.1.